The molecule has 25 heavy (non-hydrogen) atoms. The van der Waals surface area contributed by atoms with E-state index < -0.39 is 18.2 Å². The number of aromatic hydroxyl groups is 2. The molecule has 3 unspecified atom stereocenters. The van der Waals surface area contributed by atoms with Crippen LogP contribution in [0.4, 0.5) is 13.2 Å². The Bertz CT molecular complexity index is 785. The first-order valence-electron chi connectivity index (χ1n) is 8.18. The molecule has 0 bridgehead atoms. The molecule has 0 amide bonds. The van der Waals surface area contributed by atoms with Crippen molar-refractivity contribution in [2.75, 3.05) is 0 Å². The molecule has 1 aliphatic heterocycles. The minimum atomic E-state index is -4.24. The average molecular weight is 350 g/mol. The van der Waals surface area contributed by atoms with Gasteiger partial charge in [0.1, 0.15) is 23.4 Å². The lowest BCUT2D eigenvalue weighted by Gasteiger charge is -2.36. The number of hydrogen-bond donors (Lipinski definition) is 2. The van der Waals surface area contributed by atoms with E-state index in [9.17, 15) is 23.4 Å². The first-order chi connectivity index (χ1) is 11.8. The van der Waals surface area contributed by atoms with Crippen molar-refractivity contribution in [3.05, 3.63) is 53.6 Å². The Morgan fingerprint density at radius 1 is 0.920 bits per heavy atom. The zero-order chi connectivity index (χ0) is 17.8. The van der Waals surface area contributed by atoms with E-state index in [1.807, 2.05) is 0 Å². The van der Waals surface area contributed by atoms with Crippen molar-refractivity contribution in [1.29, 1.82) is 0 Å². The van der Waals surface area contributed by atoms with Crippen LogP contribution in [-0.2, 0) is 0 Å². The topological polar surface area (TPSA) is 49.7 Å². The first-order valence-corrected chi connectivity index (χ1v) is 8.18. The summed E-state index contributed by atoms with van der Waals surface area (Å²) in [5, 5.41) is 19.2. The number of phenolic OH excluding ortho intramolecular Hbond substituents is 2. The highest BCUT2D eigenvalue weighted by atomic mass is 19.4. The quantitative estimate of drug-likeness (QED) is 0.769. The van der Waals surface area contributed by atoms with Crippen LogP contribution in [0.15, 0.2) is 42.5 Å². The largest absolute Gasteiger partial charge is 0.508 e. The number of phenols is 2. The summed E-state index contributed by atoms with van der Waals surface area (Å²) in [6.45, 7) is 0. The Kier molecular flexibility index (Phi) is 3.60. The van der Waals surface area contributed by atoms with Gasteiger partial charge in [-0.1, -0.05) is 12.1 Å². The second kappa shape index (κ2) is 5.58. The normalized spacial score (nSPS) is 28.1. The molecule has 2 aromatic rings. The van der Waals surface area contributed by atoms with Crippen molar-refractivity contribution in [2.45, 2.75) is 31.0 Å². The number of benzene rings is 2. The Hall–Kier alpha value is -2.37. The van der Waals surface area contributed by atoms with Gasteiger partial charge in [-0.05, 0) is 54.7 Å². The van der Waals surface area contributed by atoms with Crippen molar-refractivity contribution in [2.24, 2.45) is 11.8 Å². The van der Waals surface area contributed by atoms with Gasteiger partial charge >= 0.3 is 6.18 Å². The fraction of sp³-hybridized carbons (Fsp3) is 0.368. The molecule has 1 fully saturated rings. The SMILES string of the molecule is Oc1ccc(C2Oc3ccc(O)cc3[C@H]3CC(C(F)(F)F)CC23)cc1. The molecule has 0 saturated heterocycles. The molecule has 2 aliphatic rings. The highest BCUT2D eigenvalue weighted by molar-refractivity contribution is 5.46. The van der Waals surface area contributed by atoms with Crippen molar-refractivity contribution >= 4 is 0 Å². The summed E-state index contributed by atoms with van der Waals surface area (Å²) in [4.78, 5) is 0. The van der Waals surface area contributed by atoms with Gasteiger partial charge < -0.3 is 14.9 Å². The number of halogens is 3. The zero-order valence-electron chi connectivity index (χ0n) is 13.2. The molecule has 2 aromatic carbocycles. The predicted molar refractivity (Wildman–Crippen MR) is 84.6 cm³/mol. The van der Waals surface area contributed by atoms with Gasteiger partial charge in [-0.25, -0.2) is 0 Å². The molecule has 0 aromatic heterocycles. The van der Waals surface area contributed by atoms with Gasteiger partial charge in [0.2, 0.25) is 0 Å². The summed E-state index contributed by atoms with van der Waals surface area (Å²) in [5.41, 5.74) is 1.39. The summed E-state index contributed by atoms with van der Waals surface area (Å²) < 4.78 is 46.0. The Balaban J connectivity index is 1.77. The summed E-state index contributed by atoms with van der Waals surface area (Å²) >= 11 is 0. The molecule has 4 atom stereocenters. The molecule has 6 heteroatoms. The number of alkyl halides is 3. The van der Waals surface area contributed by atoms with Crippen LogP contribution in [0.25, 0.3) is 0 Å². The van der Waals surface area contributed by atoms with E-state index in [1.54, 1.807) is 18.2 Å². The monoisotopic (exact) mass is 350 g/mol. The highest BCUT2D eigenvalue weighted by Gasteiger charge is 2.53. The van der Waals surface area contributed by atoms with Crippen LogP contribution >= 0.6 is 0 Å². The van der Waals surface area contributed by atoms with E-state index in [-0.39, 0.29) is 36.2 Å². The van der Waals surface area contributed by atoms with E-state index in [1.165, 1.54) is 24.3 Å². The van der Waals surface area contributed by atoms with Crippen molar-refractivity contribution in [1.82, 2.24) is 0 Å². The summed E-state index contributed by atoms with van der Waals surface area (Å²) in [5.74, 6) is -1.38. The lowest BCUT2D eigenvalue weighted by atomic mass is 9.80. The van der Waals surface area contributed by atoms with Gasteiger partial charge in [0, 0.05) is 11.5 Å². The molecule has 132 valence electrons. The molecular weight excluding hydrogens is 333 g/mol. The van der Waals surface area contributed by atoms with Crippen LogP contribution in [-0.4, -0.2) is 16.4 Å². The zero-order valence-corrected chi connectivity index (χ0v) is 13.2. The number of hydrogen-bond acceptors (Lipinski definition) is 3. The maximum absolute atomic E-state index is 13.3. The Labute approximate surface area is 142 Å². The lowest BCUT2D eigenvalue weighted by molar-refractivity contribution is -0.173. The van der Waals surface area contributed by atoms with Crippen LogP contribution in [0, 0.1) is 11.8 Å². The van der Waals surface area contributed by atoms with E-state index >= 15 is 0 Å². The van der Waals surface area contributed by atoms with Crippen molar-refractivity contribution in [3.63, 3.8) is 0 Å². The smallest absolute Gasteiger partial charge is 0.391 e. The van der Waals surface area contributed by atoms with E-state index in [2.05, 4.69) is 0 Å². The van der Waals surface area contributed by atoms with Gasteiger partial charge in [-0.15, -0.1) is 0 Å². The van der Waals surface area contributed by atoms with Gasteiger partial charge in [0.25, 0.3) is 0 Å². The summed E-state index contributed by atoms with van der Waals surface area (Å²) in [7, 11) is 0. The molecule has 4 rings (SSSR count). The maximum Gasteiger partial charge on any atom is 0.391 e. The summed E-state index contributed by atoms with van der Waals surface area (Å²) in [6, 6.07) is 11.0. The third-order valence-electron chi connectivity index (χ3n) is 5.33. The first kappa shape index (κ1) is 16.1. The van der Waals surface area contributed by atoms with Gasteiger partial charge in [0.05, 0.1) is 5.92 Å². The third kappa shape index (κ3) is 2.79. The van der Waals surface area contributed by atoms with Gasteiger partial charge in [0.15, 0.2) is 0 Å². The van der Waals surface area contributed by atoms with E-state index in [0.717, 1.165) is 5.56 Å². The third-order valence-corrected chi connectivity index (χ3v) is 5.33. The maximum atomic E-state index is 13.3. The Morgan fingerprint density at radius 3 is 2.28 bits per heavy atom. The fourth-order valence-corrected chi connectivity index (χ4v) is 4.17. The second-order valence-corrected chi connectivity index (χ2v) is 6.83. The number of fused-ring (bicyclic) bond motifs is 3. The van der Waals surface area contributed by atoms with Gasteiger partial charge in [-0.3, -0.25) is 0 Å². The van der Waals surface area contributed by atoms with E-state index in [4.69, 9.17) is 4.74 Å². The van der Waals surface area contributed by atoms with Crippen LogP contribution in [0.5, 0.6) is 17.2 Å². The predicted octanol–water partition coefficient (Wildman–Crippen LogP) is 4.90. The molecule has 1 saturated carbocycles. The van der Waals surface area contributed by atoms with E-state index in [0.29, 0.717) is 11.3 Å². The highest BCUT2D eigenvalue weighted by Crippen LogP contribution is 2.58. The molecule has 0 spiro atoms. The van der Waals surface area contributed by atoms with Crippen LogP contribution in [0.2, 0.25) is 0 Å². The van der Waals surface area contributed by atoms with Crippen LogP contribution in [0.1, 0.15) is 36.0 Å². The molecule has 0 radical (unpaired) electrons. The molecule has 3 nitrogen and oxygen atoms in total. The second-order valence-electron chi connectivity index (χ2n) is 6.83. The van der Waals surface area contributed by atoms with Crippen molar-refractivity contribution in [3.8, 4) is 17.2 Å². The minimum Gasteiger partial charge on any atom is -0.508 e. The van der Waals surface area contributed by atoms with Crippen LogP contribution < -0.4 is 4.74 Å². The lowest BCUT2D eigenvalue weighted by Crippen LogP contribution is -2.27. The standard InChI is InChI=1S/C19H17F3O3/c20-19(21,22)11-7-14-15-9-13(24)5-6-17(15)25-18(16(14)8-11)10-1-3-12(23)4-2-10/h1-6,9,11,14,16,18,23-24H,7-8H2/t11?,14-,16?,18?/m1/s1. The van der Waals surface area contributed by atoms with Crippen molar-refractivity contribution < 1.29 is 28.1 Å². The molecule has 2 N–H and O–H groups in total. The average Bonchev–Trinajstić information content (AvgIpc) is 3.01. The molecule has 1 aliphatic carbocycles. The summed E-state index contributed by atoms with van der Waals surface area (Å²) in [6.07, 6.45) is -4.75. The van der Waals surface area contributed by atoms with Crippen LogP contribution in [0.3, 0.4) is 0 Å². The molecule has 1 heterocycles. The number of ether oxygens (including phenoxy) is 1. The fourth-order valence-electron chi connectivity index (χ4n) is 4.17. The minimum absolute atomic E-state index is 0.00254. The number of rotatable bonds is 1. The Morgan fingerprint density at radius 2 is 1.60 bits per heavy atom. The van der Waals surface area contributed by atoms with Gasteiger partial charge in [-0.2, -0.15) is 13.2 Å². The molecular formula is C19H17F3O3.